The molecule has 0 saturated carbocycles. The molecule has 0 heterocycles. The zero-order chi connectivity index (χ0) is 13.4. The summed E-state index contributed by atoms with van der Waals surface area (Å²) in [5.74, 6) is 0.533. The number of ether oxygens (including phenoxy) is 2. The number of esters is 1. The molecule has 1 aromatic rings. The molecule has 0 aliphatic carbocycles. The summed E-state index contributed by atoms with van der Waals surface area (Å²) in [5, 5.41) is 3.18. The van der Waals surface area contributed by atoms with Gasteiger partial charge in [0.25, 0.3) is 0 Å². The van der Waals surface area contributed by atoms with E-state index in [2.05, 4.69) is 12.2 Å². The lowest BCUT2D eigenvalue weighted by Crippen LogP contribution is -2.30. The molecule has 0 aromatic heterocycles. The van der Waals surface area contributed by atoms with Gasteiger partial charge in [0.1, 0.15) is 11.8 Å². The second kappa shape index (κ2) is 7.58. The van der Waals surface area contributed by atoms with Gasteiger partial charge in [-0.15, -0.1) is 0 Å². The van der Waals surface area contributed by atoms with E-state index in [1.807, 2.05) is 24.3 Å². The van der Waals surface area contributed by atoms with E-state index in [1.165, 1.54) is 7.11 Å². The van der Waals surface area contributed by atoms with Crippen LogP contribution in [-0.2, 0) is 9.53 Å². The molecule has 0 aliphatic heterocycles. The Kier molecular flexibility index (Phi) is 6.05. The molecular formula is C14H21NO3. The van der Waals surface area contributed by atoms with Gasteiger partial charge in [-0.05, 0) is 18.6 Å². The number of hydrogen-bond acceptors (Lipinski definition) is 4. The van der Waals surface area contributed by atoms with Crippen LogP contribution < -0.4 is 10.1 Å². The van der Waals surface area contributed by atoms with Crippen LogP contribution in [0.15, 0.2) is 24.3 Å². The largest absolute Gasteiger partial charge is 0.497 e. The van der Waals surface area contributed by atoms with Gasteiger partial charge in [-0.3, -0.25) is 0 Å². The molecule has 0 radical (unpaired) electrons. The molecule has 4 heteroatoms. The van der Waals surface area contributed by atoms with Gasteiger partial charge in [0.15, 0.2) is 0 Å². The molecule has 1 rings (SSSR count). The van der Waals surface area contributed by atoms with E-state index in [0.717, 1.165) is 30.7 Å². The summed E-state index contributed by atoms with van der Waals surface area (Å²) < 4.78 is 9.95. The predicted molar refractivity (Wildman–Crippen MR) is 71.9 cm³/mol. The van der Waals surface area contributed by atoms with Crippen LogP contribution in [0, 0.1) is 0 Å². The topological polar surface area (TPSA) is 47.6 Å². The van der Waals surface area contributed by atoms with Crippen molar-refractivity contribution in [3.63, 3.8) is 0 Å². The molecule has 1 atom stereocenters. The van der Waals surface area contributed by atoms with Crippen LogP contribution in [0.25, 0.3) is 0 Å². The molecule has 1 N–H and O–H groups in total. The molecule has 0 saturated heterocycles. The minimum atomic E-state index is -0.304. The average molecular weight is 251 g/mol. The molecule has 0 spiro atoms. The smallest absolute Gasteiger partial charge is 0.328 e. The second-order valence-electron chi connectivity index (χ2n) is 4.09. The molecular weight excluding hydrogens is 230 g/mol. The Morgan fingerprint density at radius 1 is 1.39 bits per heavy atom. The lowest BCUT2D eigenvalue weighted by Gasteiger charge is -2.17. The molecule has 100 valence electrons. The summed E-state index contributed by atoms with van der Waals surface area (Å²) in [6.45, 7) is 2.10. The number of hydrogen-bond donors (Lipinski definition) is 1. The van der Waals surface area contributed by atoms with Crippen molar-refractivity contribution in [3.8, 4) is 5.75 Å². The normalized spacial score (nSPS) is 11.7. The van der Waals surface area contributed by atoms with Crippen LogP contribution >= 0.6 is 0 Å². The zero-order valence-corrected chi connectivity index (χ0v) is 11.2. The third-order valence-corrected chi connectivity index (χ3v) is 2.74. The van der Waals surface area contributed by atoms with E-state index in [9.17, 15) is 4.79 Å². The van der Waals surface area contributed by atoms with Gasteiger partial charge in [0.05, 0.1) is 14.2 Å². The Morgan fingerprint density at radius 3 is 2.78 bits per heavy atom. The first-order valence-electron chi connectivity index (χ1n) is 6.19. The highest BCUT2D eigenvalue weighted by molar-refractivity contribution is 5.79. The number of unbranched alkanes of at least 4 members (excludes halogenated alkanes) is 1. The third kappa shape index (κ3) is 4.28. The van der Waals surface area contributed by atoms with Gasteiger partial charge in [-0.1, -0.05) is 25.8 Å². The Hall–Kier alpha value is -1.71. The molecule has 1 aromatic carbocycles. The van der Waals surface area contributed by atoms with Crippen LogP contribution in [0.4, 0.5) is 5.69 Å². The summed E-state index contributed by atoms with van der Waals surface area (Å²) in [6.07, 6.45) is 2.80. The highest BCUT2D eigenvalue weighted by atomic mass is 16.5. The minimum absolute atomic E-state index is 0.230. The standard InChI is InChI=1S/C14H21NO3/c1-4-5-9-13(14(16)18-3)15-11-7-6-8-12(10-11)17-2/h6-8,10,13,15H,4-5,9H2,1-3H3. The third-order valence-electron chi connectivity index (χ3n) is 2.74. The summed E-state index contributed by atoms with van der Waals surface area (Å²) in [4.78, 5) is 11.7. The Bertz CT molecular complexity index is 379. The van der Waals surface area contributed by atoms with Crippen molar-refractivity contribution in [2.75, 3.05) is 19.5 Å². The average Bonchev–Trinajstić information content (AvgIpc) is 2.42. The number of nitrogens with one attached hydrogen (secondary N) is 1. The minimum Gasteiger partial charge on any atom is -0.497 e. The van der Waals surface area contributed by atoms with Crippen molar-refractivity contribution < 1.29 is 14.3 Å². The van der Waals surface area contributed by atoms with E-state index in [0.29, 0.717) is 0 Å². The fourth-order valence-corrected chi connectivity index (χ4v) is 1.71. The van der Waals surface area contributed by atoms with Crippen LogP contribution in [0.1, 0.15) is 26.2 Å². The zero-order valence-electron chi connectivity index (χ0n) is 11.2. The molecule has 0 fully saturated rings. The van der Waals surface area contributed by atoms with Gasteiger partial charge in [0.2, 0.25) is 0 Å². The van der Waals surface area contributed by atoms with E-state index in [-0.39, 0.29) is 12.0 Å². The van der Waals surface area contributed by atoms with Gasteiger partial charge >= 0.3 is 5.97 Å². The molecule has 0 amide bonds. The van der Waals surface area contributed by atoms with Crippen molar-refractivity contribution in [1.82, 2.24) is 0 Å². The predicted octanol–water partition coefficient (Wildman–Crippen LogP) is 2.84. The highest BCUT2D eigenvalue weighted by Gasteiger charge is 2.18. The summed E-state index contributed by atoms with van der Waals surface area (Å²) in [7, 11) is 3.03. The van der Waals surface area contributed by atoms with Crippen LogP contribution in [0.2, 0.25) is 0 Å². The lowest BCUT2D eigenvalue weighted by atomic mass is 10.1. The van der Waals surface area contributed by atoms with E-state index >= 15 is 0 Å². The Balaban J connectivity index is 2.71. The van der Waals surface area contributed by atoms with Crippen molar-refractivity contribution in [1.29, 1.82) is 0 Å². The van der Waals surface area contributed by atoms with Gasteiger partial charge < -0.3 is 14.8 Å². The van der Waals surface area contributed by atoms with Gasteiger partial charge in [-0.25, -0.2) is 4.79 Å². The molecule has 1 unspecified atom stereocenters. The Labute approximate surface area is 108 Å². The second-order valence-corrected chi connectivity index (χ2v) is 4.09. The summed E-state index contributed by atoms with van der Waals surface area (Å²) >= 11 is 0. The number of rotatable bonds is 7. The lowest BCUT2D eigenvalue weighted by molar-refractivity contribution is -0.141. The molecule has 0 aliphatic rings. The number of benzene rings is 1. The number of carbonyl (C=O) groups is 1. The first-order valence-corrected chi connectivity index (χ1v) is 6.19. The van der Waals surface area contributed by atoms with Crippen molar-refractivity contribution in [3.05, 3.63) is 24.3 Å². The quantitative estimate of drug-likeness (QED) is 0.757. The van der Waals surface area contributed by atoms with Crippen molar-refractivity contribution in [2.24, 2.45) is 0 Å². The van der Waals surface area contributed by atoms with Crippen molar-refractivity contribution >= 4 is 11.7 Å². The summed E-state index contributed by atoms with van der Waals surface area (Å²) in [6, 6.07) is 7.22. The van der Waals surface area contributed by atoms with Crippen LogP contribution in [-0.4, -0.2) is 26.2 Å². The van der Waals surface area contributed by atoms with Gasteiger partial charge in [-0.2, -0.15) is 0 Å². The SMILES string of the molecule is CCCCC(Nc1cccc(OC)c1)C(=O)OC. The number of methoxy groups -OCH3 is 2. The van der Waals surface area contributed by atoms with Gasteiger partial charge in [0, 0.05) is 11.8 Å². The number of carbonyl (C=O) groups excluding carboxylic acids is 1. The molecule has 0 bridgehead atoms. The van der Waals surface area contributed by atoms with Crippen molar-refractivity contribution in [2.45, 2.75) is 32.2 Å². The molecule has 18 heavy (non-hydrogen) atoms. The fourth-order valence-electron chi connectivity index (χ4n) is 1.71. The first-order chi connectivity index (χ1) is 8.71. The van der Waals surface area contributed by atoms with E-state index in [4.69, 9.17) is 9.47 Å². The maximum absolute atomic E-state index is 11.7. The van der Waals surface area contributed by atoms with Crippen LogP contribution in [0.3, 0.4) is 0 Å². The van der Waals surface area contributed by atoms with E-state index in [1.54, 1.807) is 7.11 Å². The maximum Gasteiger partial charge on any atom is 0.328 e. The number of anilines is 1. The summed E-state index contributed by atoms with van der Waals surface area (Å²) in [5.41, 5.74) is 0.862. The van der Waals surface area contributed by atoms with Crippen LogP contribution in [0.5, 0.6) is 5.75 Å². The first kappa shape index (κ1) is 14.4. The highest BCUT2D eigenvalue weighted by Crippen LogP contribution is 2.19. The molecule has 4 nitrogen and oxygen atoms in total. The monoisotopic (exact) mass is 251 g/mol. The maximum atomic E-state index is 11.7. The fraction of sp³-hybridized carbons (Fsp3) is 0.500. The Morgan fingerprint density at radius 2 is 2.17 bits per heavy atom. The van der Waals surface area contributed by atoms with E-state index < -0.39 is 0 Å².